The number of phenolic OH excluding ortho intramolecular Hbond substituents is 1. The van der Waals surface area contributed by atoms with Crippen molar-refractivity contribution in [1.82, 2.24) is 4.90 Å². The Balaban J connectivity index is 2.04. The highest BCUT2D eigenvalue weighted by molar-refractivity contribution is 6.15. The molecule has 0 saturated carbocycles. The molecule has 0 aliphatic rings. The molecule has 170 valence electrons. The molecule has 1 N–H and O–H groups in total. The minimum Gasteiger partial charge on any atom is -0.508 e. The van der Waals surface area contributed by atoms with Crippen LogP contribution in [0.4, 0.5) is 0 Å². The summed E-state index contributed by atoms with van der Waals surface area (Å²) < 4.78 is 23.0. The highest BCUT2D eigenvalue weighted by atomic mass is 16.5. The van der Waals surface area contributed by atoms with Gasteiger partial charge in [-0.2, -0.15) is 0 Å². The van der Waals surface area contributed by atoms with Crippen LogP contribution in [0.1, 0.15) is 29.8 Å². The van der Waals surface area contributed by atoms with E-state index >= 15 is 0 Å². The fraction of sp³-hybridized carbons (Fsp3) is 0.320. The van der Waals surface area contributed by atoms with Crippen molar-refractivity contribution < 1.29 is 28.5 Å². The van der Waals surface area contributed by atoms with Crippen LogP contribution >= 0.6 is 0 Å². The average Bonchev–Trinajstić information content (AvgIpc) is 3.29. The fourth-order valence-corrected chi connectivity index (χ4v) is 3.53. The van der Waals surface area contributed by atoms with Gasteiger partial charge in [0.25, 0.3) is 0 Å². The first-order valence-corrected chi connectivity index (χ1v) is 10.6. The van der Waals surface area contributed by atoms with Crippen LogP contribution in [0.3, 0.4) is 0 Å². The van der Waals surface area contributed by atoms with E-state index in [-0.39, 0.29) is 17.1 Å². The number of likely N-dealkylation sites (N-methyl/N-ethyl adjacent to an activating group) is 1. The van der Waals surface area contributed by atoms with Crippen molar-refractivity contribution in [3.8, 4) is 23.0 Å². The summed E-state index contributed by atoms with van der Waals surface area (Å²) in [6, 6.07) is 8.30. The number of benzene rings is 2. The maximum absolute atomic E-state index is 13.3. The summed E-state index contributed by atoms with van der Waals surface area (Å²) in [5, 5.41) is 10.1. The Kier molecular flexibility index (Phi) is 7.78. The number of rotatable bonds is 11. The number of allylic oxidation sites excluding steroid dienone is 1. The molecule has 0 aliphatic carbocycles. The maximum Gasteiger partial charge on any atom is 0.205 e. The molecule has 0 bridgehead atoms. The molecule has 7 heteroatoms. The predicted octanol–water partition coefficient (Wildman–Crippen LogP) is 4.77. The maximum atomic E-state index is 13.3. The van der Waals surface area contributed by atoms with Gasteiger partial charge >= 0.3 is 0 Å². The highest BCUT2D eigenvalue weighted by Gasteiger charge is 2.28. The quantitative estimate of drug-likeness (QED) is 0.340. The van der Waals surface area contributed by atoms with E-state index in [0.717, 1.165) is 18.7 Å². The van der Waals surface area contributed by atoms with Crippen LogP contribution in [0.25, 0.3) is 17.0 Å². The van der Waals surface area contributed by atoms with Gasteiger partial charge in [0.2, 0.25) is 5.75 Å². The van der Waals surface area contributed by atoms with E-state index in [0.29, 0.717) is 41.4 Å². The van der Waals surface area contributed by atoms with E-state index in [1.807, 2.05) is 0 Å². The minimum absolute atomic E-state index is 0.161. The number of phenols is 1. The topological polar surface area (TPSA) is 81.4 Å². The molecule has 2 aromatic carbocycles. The lowest BCUT2D eigenvalue weighted by Gasteiger charge is -2.21. The van der Waals surface area contributed by atoms with E-state index in [2.05, 4.69) is 18.7 Å². The van der Waals surface area contributed by atoms with Crippen molar-refractivity contribution in [3.05, 3.63) is 53.8 Å². The van der Waals surface area contributed by atoms with Crippen LogP contribution in [0, 0.1) is 0 Å². The second-order valence-electron chi connectivity index (χ2n) is 7.10. The summed E-state index contributed by atoms with van der Waals surface area (Å²) in [5.41, 5.74) is 1.50. The van der Waals surface area contributed by atoms with E-state index < -0.39 is 0 Å². The number of nitrogens with zero attached hydrogens (tertiary/aromatic N) is 1. The number of carbonyl (C=O) groups excluding carboxylic acids is 1. The van der Waals surface area contributed by atoms with Crippen LogP contribution in [0.5, 0.6) is 23.0 Å². The van der Waals surface area contributed by atoms with Gasteiger partial charge in [-0.05, 0) is 42.9 Å². The van der Waals surface area contributed by atoms with Crippen LogP contribution < -0.4 is 14.2 Å². The van der Waals surface area contributed by atoms with E-state index in [9.17, 15) is 9.90 Å². The summed E-state index contributed by atoms with van der Waals surface area (Å²) in [6.45, 7) is 7.05. The molecule has 0 unspecified atom stereocenters. The van der Waals surface area contributed by atoms with Crippen molar-refractivity contribution in [2.75, 3.05) is 40.5 Å². The number of carbonyl (C=O) groups is 1. The molecule has 1 aromatic heterocycles. The Morgan fingerprint density at radius 1 is 1.03 bits per heavy atom. The average molecular weight is 440 g/mol. The van der Waals surface area contributed by atoms with Crippen molar-refractivity contribution in [2.45, 2.75) is 13.8 Å². The SMILES string of the molecule is CCN(CC)CCOc1c(C(=O)/C=C/c2ccc(O)cc2)c(OC)c2ccoc2c1OC. The lowest BCUT2D eigenvalue weighted by Crippen LogP contribution is -2.28. The third-order valence-corrected chi connectivity index (χ3v) is 5.30. The molecule has 1 heterocycles. The second-order valence-corrected chi connectivity index (χ2v) is 7.10. The first kappa shape index (κ1) is 23.2. The van der Waals surface area contributed by atoms with E-state index in [1.165, 1.54) is 26.6 Å². The van der Waals surface area contributed by atoms with Crippen LogP contribution in [-0.4, -0.2) is 56.3 Å². The van der Waals surface area contributed by atoms with Crippen LogP contribution in [0.15, 0.2) is 47.1 Å². The molecule has 0 aliphatic heterocycles. The third kappa shape index (κ3) is 4.89. The second kappa shape index (κ2) is 10.7. The van der Waals surface area contributed by atoms with Gasteiger partial charge in [0, 0.05) is 6.54 Å². The molecule has 0 fully saturated rings. The van der Waals surface area contributed by atoms with Gasteiger partial charge in [-0.3, -0.25) is 4.79 Å². The number of ketones is 1. The number of hydrogen-bond acceptors (Lipinski definition) is 7. The fourth-order valence-electron chi connectivity index (χ4n) is 3.53. The van der Waals surface area contributed by atoms with Gasteiger partial charge in [0.1, 0.15) is 23.7 Å². The number of furan rings is 1. The molecule has 0 amide bonds. The Bertz CT molecular complexity index is 1080. The molecular weight excluding hydrogens is 410 g/mol. The summed E-state index contributed by atoms with van der Waals surface area (Å²) in [6.07, 6.45) is 4.65. The van der Waals surface area contributed by atoms with Gasteiger partial charge in [-0.15, -0.1) is 0 Å². The van der Waals surface area contributed by atoms with Gasteiger partial charge in [-0.1, -0.05) is 32.1 Å². The zero-order chi connectivity index (χ0) is 23.1. The normalized spacial score (nSPS) is 11.4. The van der Waals surface area contributed by atoms with Crippen molar-refractivity contribution >= 4 is 22.8 Å². The van der Waals surface area contributed by atoms with Crippen molar-refractivity contribution in [2.24, 2.45) is 0 Å². The smallest absolute Gasteiger partial charge is 0.205 e. The lowest BCUT2D eigenvalue weighted by molar-refractivity contribution is 0.103. The van der Waals surface area contributed by atoms with E-state index in [4.69, 9.17) is 18.6 Å². The first-order chi connectivity index (χ1) is 15.5. The minimum atomic E-state index is -0.297. The summed E-state index contributed by atoms with van der Waals surface area (Å²) >= 11 is 0. The Morgan fingerprint density at radius 2 is 1.72 bits per heavy atom. The van der Waals surface area contributed by atoms with Crippen LogP contribution in [-0.2, 0) is 0 Å². The largest absolute Gasteiger partial charge is 0.508 e. The Labute approximate surface area is 187 Å². The molecule has 0 atom stereocenters. The van der Waals surface area contributed by atoms with E-state index in [1.54, 1.807) is 36.4 Å². The van der Waals surface area contributed by atoms with Gasteiger partial charge < -0.3 is 28.6 Å². The molecule has 0 radical (unpaired) electrons. The third-order valence-electron chi connectivity index (χ3n) is 5.30. The van der Waals surface area contributed by atoms with Crippen molar-refractivity contribution in [3.63, 3.8) is 0 Å². The highest BCUT2D eigenvalue weighted by Crippen LogP contribution is 2.46. The molecule has 0 saturated heterocycles. The number of ether oxygens (including phenoxy) is 3. The Hall–Kier alpha value is -3.45. The van der Waals surface area contributed by atoms with Gasteiger partial charge in [0.05, 0.1) is 25.9 Å². The zero-order valence-corrected chi connectivity index (χ0v) is 18.9. The molecule has 3 rings (SSSR count). The molecular formula is C25H29NO6. The zero-order valence-electron chi connectivity index (χ0n) is 18.9. The molecule has 7 nitrogen and oxygen atoms in total. The monoisotopic (exact) mass is 439 g/mol. The molecule has 32 heavy (non-hydrogen) atoms. The molecule has 0 spiro atoms. The summed E-state index contributed by atoms with van der Waals surface area (Å²) in [7, 11) is 3.02. The van der Waals surface area contributed by atoms with Gasteiger partial charge in [0.15, 0.2) is 17.1 Å². The van der Waals surface area contributed by atoms with Crippen LogP contribution in [0.2, 0.25) is 0 Å². The Morgan fingerprint density at radius 3 is 2.34 bits per heavy atom. The number of methoxy groups -OCH3 is 2. The number of hydrogen-bond donors (Lipinski definition) is 1. The molecule has 3 aromatic rings. The first-order valence-electron chi connectivity index (χ1n) is 10.6. The predicted molar refractivity (Wildman–Crippen MR) is 124 cm³/mol. The summed E-state index contributed by atoms with van der Waals surface area (Å²) in [4.78, 5) is 15.6. The number of fused-ring (bicyclic) bond motifs is 1. The van der Waals surface area contributed by atoms with Crippen molar-refractivity contribution in [1.29, 1.82) is 0 Å². The standard InChI is InChI=1S/C25H29NO6/c1-5-26(6-2)14-16-32-24-21(20(28)12-9-17-7-10-18(27)11-8-17)22(29-3)19-13-15-31-23(19)25(24)30-4/h7-13,15,27H,5-6,14,16H2,1-4H3/b12-9+. The summed E-state index contributed by atoms with van der Waals surface area (Å²) in [5.74, 6) is 0.877. The lowest BCUT2D eigenvalue weighted by atomic mass is 10.0. The number of aromatic hydroxyl groups is 1. The van der Waals surface area contributed by atoms with Gasteiger partial charge in [-0.25, -0.2) is 0 Å².